The molecule has 0 bridgehead atoms. The average Bonchev–Trinajstić information content (AvgIpc) is 2.84. The fourth-order valence-corrected chi connectivity index (χ4v) is 2.68. The lowest BCUT2D eigenvalue weighted by Crippen LogP contribution is -2.30. The summed E-state index contributed by atoms with van der Waals surface area (Å²) in [6.45, 7) is -0.0416. The van der Waals surface area contributed by atoms with Crippen LogP contribution >= 0.6 is 0 Å². The molecule has 2 aliphatic rings. The van der Waals surface area contributed by atoms with Gasteiger partial charge in [-0.25, -0.2) is 4.99 Å². The molecule has 2 aliphatic heterocycles. The molecule has 1 atom stereocenters. The largest absolute Gasteiger partial charge is 0.458 e. The van der Waals surface area contributed by atoms with Crippen molar-refractivity contribution >= 4 is 12.2 Å². The molecule has 1 N–H and O–H groups in total. The average molecular weight is 263 g/mol. The summed E-state index contributed by atoms with van der Waals surface area (Å²) in [6.07, 6.45) is 5.97. The first-order valence-corrected chi connectivity index (χ1v) is 6.58. The van der Waals surface area contributed by atoms with Crippen LogP contribution in [0.25, 0.3) is 12.2 Å². The predicted octanol–water partition coefficient (Wildman–Crippen LogP) is 1.39. The highest BCUT2D eigenvalue weighted by atomic mass is 16.5. The van der Waals surface area contributed by atoms with Crippen LogP contribution in [-0.2, 0) is 6.61 Å². The van der Waals surface area contributed by atoms with Gasteiger partial charge in [-0.2, -0.15) is 0 Å². The number of fused-ring (bicyclic) bond motifs is 2. The highest BCUT2D eigenvalue weighted by Gasteiger charge is 2.32. The Bertz CT molecular complexity index is 801. The molecule has 0 aromatic heterocycles. The molecule has 2 aromatic carbocycles. The van der Waals surface area contributed by atoms with E-state index in [0.717, 1.165) is 21.7 Å². The first kappa shape index (κ1) is 11.4. The zero-order valence-electron chi connectivity index (χ0n) is 10.8. The molecular weight excluding hydrogens is 250 g/mol. The molecule has 1 spiro atoms. The lowest BCUT2D eigenvalue weighted by Gasteiger charge is -2.28. The van der Waals surface area contributed by atoms with Gasteiger partial charge in [0.15, 0.2) is 0 Å². The summed E-state index contributed by atoms with van der Waals surface area (Å²) >= 11 is 0. The van der Waals surface area contributed by atoms with E-state index < -0.39 is 5.72 Å². The summed E-state index contributed by atoms with van der Waals surface area (Å²) in [5, 5.41) is 11.5. The molecule has 0 amide bonds. The van der Waals surface area contributed by atoms with Crippen LogP contribution in [0.15, 0.2) is 53.5 Å². The van der Waals surface area contributed by atoms with E-state index in [2.05, 4.69) is 4.99 Å². The van der Waals surface area contributed by atoms with Gasteiger partial charge in [-0.3, -0.25) is 0 Å². The second-order valence-electron chi connectivity index (χ2n) is 5.00. The van der Waals surface area contributed by atoms with Gasteiger partial charge in [0.2, 0.25) is 5.72 Å². The van der Waals surface area contributed by atoms with E-state index in [1.807, 2.05) is 60.7 Å². The maximum absolute atomic E-state index is 9.45. The van der Waals surface area contributed by atoms with Crippen molar-refractivity contribution in [3.8, 4) is 5.75 Å². The molecule has 0 radical (unpaired) electrons. The van der Waals surface area contributed by atoms with Crippen LogP contribution in [0.3, 0.4) is 0 Å². The minimum Gasteiger partial charge on any atom is -0.458 e. The van der Waals surface area contributed by atoms with Crippen LogP contribution in [0.2, 0.25) is 0 Å². The predicted molar refractivity (Wildman–Crippen MR) is 76.4 cm³/mol. The number of ether oxygens (including phenoxy) is 1. The zero-order chi connectivity index (χ0) is 13.6. The number of hydrogen-bond donors (Lipinski definition) is 1. The fourth-order valence-electron chi connectivity index (χ4n) is 2.68. The fraction of sp³-hybridized carbons (Fsp3) is 0.118. The van der Waals surface area contributed by atoms with E-state index in [0.29, 0.717) is 5.75 Å². The first-order valence-electron chi connectivity index (χ1n) is 6.58. The van der Waals surface area contributed by atoms with E-state index in [1.165, 1.54) is 0 Å². The van der Waals surface area contributed by atoms with Crippen molar-refractivity contribution in [3.05, 3.63) is 70.2 Å². The third-order valence-corrected chi connectivity index (χ3v) is 3.66. The molecule has 20 heavy (non-hydrogen) atoms. The van der Waals surface area contributed by atoms with E-state index in [-0.39, 0.29) is 6.61 Å². The quantitative estimate of drug-likeness (QED) is 0.845. The summed E-state index contributed by atoms with van der Waals surface area (Å²) in [5.74, 6) is 0.713. The lowest BCUT2D eigenvalue weighted by molar-refractivity contribution is 0.184. The highest BCUT2D eigenvalue weighted by Crippen LogP contribution is 2.36. The van der Waals surface area contributed by atoms with Gasteiger partial charge in [0, 0.05) is 16.3 Å². The van der Waals surface area contributed by atoms with Crippen LogP contribution in [0.1, 0.15) is 11.1 Å². The van der Waals surface area contributed by atoms with Gasteiger partial charge in [0.1, 0.15) is 5.75 Å². The molecule has 0 saturated carbocycles. The molecule has 3 heteroatoms. The monoisotopic (exact) mass is 263 g/mol. The topological polar surface area (TPSA) is 41.8 Å². The number of hydrogen-bond acceptors (Lipinski definition) is 3. The van der Waals surface area contributed by atoms with Gasteiger partial charge >= 0.3 is 0 Å². The van der Waals surface area contributed by atoms with E-state index in [9.17, 15) is 5.11 Å². The Kier molecular flexibility index (Phi) is 2.32. The Morgan fingerprint density at radius 1 is 1.10 bits per heavy atom. The molecule has 2 aromatic rings. The van der Waals surface area contributed by atoms with Crippen molar-refractivity contribution in [1.29, 1.82) is 0 Å². The van der Waals surface area contributed by atoms with Gasteiger partial charge < -0.3 is 9.84 Å². The number of nitrogens with zero attached hydrogens (tertiary/aromatic N) is 1. The SMILES string of the molecule is OCc1cccc2c1OC1(C=C2)C=c2ccccc2=N1. The van der Waals surface area contributed by atoms with Crippen molar-refractivity contribution in [2.24, 2.45) is 4.99 Å². The Morgan fingerprint density at radius 3 is 2.85 bits per heavy atom. The summed E-state index contributed by atoms with van der Waals surface area (Å²) < 4.78 is 6.12. The van der Waals surface area contributed by atoms with Gasteiger partial charge in [-0.15, -0.1) is 0 Å². The van der Waals surface area contributed by atoms with Crippen LogP contribution in [0.5, 0.6) is 5.75 Å². The van der Waals surface area contributed by atoms with Crippen molar-refractivity contribution in [3.63, 3.8) is 0 Å². The van der Waals surface area contributed by atoms with Crippen molar-refractivity contribution in [2.75, 3.05) is 0 Å². The molecule has 0 saturated heterocycles. The van der Waals surface area contributed by atoms with Gasteiger partial charge in [0.25, 0.3) is 0 Å². The Morgan fingerprint density at radius 2 is 2.00 bits per heavy atom. The van der Waals surface area contributed by atoms with Gasteiger partial charge in [-0.05, 0) is 24.3 Å². The van der Waals surface area contributed by atoms with Crippen molar-refractivity contribution in [2.45, 2.75) is 12.3 Å². The number of benzene rings is 2. The molecule has 1 unspecified atom stereocenters. The smallest absolute Gasteiger partial charge is 0.240 e. The highest BCUT2D eigenvalue weighted by molar-refractivity contribution is 5.66. The Labute approximate surface area is 116 Å². The lowest BCUT2D eigenvalue weighted by atomic mass is 10.0. The third-order valence-electron chi connectivity index (χ3n) is 3.66. The molecule has 3 nitrogen and oxygen atoms in total. The Balaban J connectivity index is 1.88. The van der Waals surface area contributed by atoms with Crippen LogP contribution < -0.4 is 15.3 Å². The van der Waals surface area contributed by atoms with Crippen LogP contribution in [0.4, 0.5) is 0 Å². The molecule has 98 valence electrons. The zero-order valence-corrected chi connectivity index (χ0v) is 10.8. The minimum absolute atomic E-state index is 0.0416. The standard InChI is InChI=1S/C17H13NO2/c19-11-14-6-3-5-12-8-9-17(20-16(12)14)10-13-4-1-2-7-15(13)18-17/h1-10,19H,11H2. The molecule has 0 fully saturated rings. The maximum Gasteiger partial charge on any atom is 0.240 e. The van der Waals surface area contributed by atoms with E-state index in [4.69, 9.17) is 4.74 Å². The second kappa shape index (κ2) is 4.05. The van der Waals surface area contributed by atoms with Gasteiger partial charge in [0.05, 0.1) is 12.0 Å². The van der Waals surface area contributed by atoms with Crippen molar-refractivity contribution < 1.29 is 9.84 Å². The summed E-state index contributed by atoms with van der Waals surface area (Å²) in [6, 6.07) is 13.7. The number of aliphatic hydroxyl groups excluding tert-OH is 1. The summed E-state index contributed by atoms with van der Waals surface area (Å²) in [4.78, 5) is 4.67. The third kappa shape index (κ3) is 1.60. The van der Waals surface area contributed by atoms with Crippen LogP contribution in [0, 0.1) is 0 Å². The minimum atomic E-state index is -0.776. The molecule has 2 heterocycles. The number of rotatable bonds is 1. The Hall–Kier alpha value is -2.39. The van der Waals surface area contributed by atoms with E-state index >= 15 is 0 Å². The first-order chi connectivity index (χ1) is 9.80. The van der Waals surface area contributed by atoms with E-state index in [1.54, 1.807) is 0 Å². The maximum atomic E-state index is 9.45. The number of para-hydroxylation sites is 2. The summed E-state index contributed by atoms with van der Waals surface area (Å²) in [7, 11) is 0. The summed E-state index contributed by atoms with van der Waals surface area (Å²) in [5.41, 5.74) is 0.981. The van der Waals surface area contributed by atoms with Crippen LogP contribution in [-0.4, -0.2) is 10.8 Å². The van der Waals surface area contributed by atoms with Crippen molar-refractivity contribution in [1.82, 2.24) is 0 Å². The molecule has 0 aliphatic carbocycles. The normalized spacial score (nSPS) is 21.6. The van der Waals surface area contributed by atoms with Gasteiger partial charge in [-0.1, -0.05) is 36.4 Å². The molecular formula is C17H13NO2. The second-order valence-corrected chi connectivity index (χ2v) is 5.00. The number of aliphatic hydroxyl groups is 1. The molecule has 4 rings (SSSR count).